The van der Waals surface area contributed by atoms with Crippen molar-refractivity contribution < 1.29 is 9.53 Å². The molecular weight excluding hydrogens is 336 g/mol. The minimum atomic E-state index is 0. The molecule has 1 aromatic heterocycles. The summed E-state index contributed by atoms with van der Waals surface area (Å²) in [6.45, 7) is 1.78. The van der Waals surface area contributed by atoms with Crippen LogP contribution in [0.15, 0.2) is 24.3 Å². The summed E-state index contributed by atoms with van der Waals surface area (Å²) in [4.78, 5) is 16.6. The molecule has 0 aliphatic carbocycles. The molecule has 3 rings (SSSR count). The van der Waals surface area contributed by atoms with Gasteiger partial charge in [-0.1, -0.05) is 12.1 Å². The molecule has 1 aliphatic rings. The van der Waals surface area contributed by atoms with Gasteiger partial charge in [0.2, 0.25) is 11.0 Å². The molecule has 1 aliphatic heterocycles. The minimum Gasteiger partial charge on any atom is -0.497 e. The van der Waals surface area contributed by atoms with Crippen LogP contribution >= 0.6 is 23.9 Å². The average molecular weight is 355 g/mol. The van der Waals surface area contributed by atoms with Crippen LogP contribution in [0.4, 0.5) is 5.13 Å². The molecule has 8 heteroatoms. The number of nitrogens with one attached hydrogen (secondary N) is 2. The van der Waals surface area contributed by atoms with E-state index in [4.69, 9.17) is 4.74 Å². The van der Waals surface area contributed by atoms with Crippen molar-refractivity contribution in [3.05, 3.63) is 24.3 Å². The van der Waals surface area contributed by atoms with Crippen molar-refractivity contribution in [1.82, 2.24) is 14.7 Å². The quantitative estimate of drug-likeness (QED) is 0.882. The van der Waals surface area contributed by atoms with Crippen LogP contribution in [0.2, 0.25) is 0 Å². The summed E-state index contributed by atoms with van der Waals surface area (Å²) in [5.74, 6) is 1.46. The predicted octanol–water partition coefficient (Wildman–Crippen LogP) is 2.57. The van der Waals surface area contributed by atoms with Crippen LogP contribution in [0.3, 0.4) is 0 Å². The molecule has 2 aromatic rings. The van der Waals surface area contributed by atoms with E-state index in [1.807, 2.05) is 24.3 Å². The van der Waals surface area contributed by atoms with Crippen molar-refractivity contribution in [2.24, 2.45) is 5.92 Å². The fourth-order valence-corrected chi connectivity index (χ4v) is 3.04. The fourth-order valence-electron chi connectivity index (χ4n) is 2.45. The number of carbonyl (C=O) groups excluding carboxylic acids is 1. The number of rotatable bonds is 4. The zero-order chi connectivity index (χ0) is 15.4. The molecular formula is C15H19ClN4O2S. The van der Waals surface area contributed by atoms with Gasteiger partial charge in [-0.2, -0.15) is 9.36 Å². The lowest BCUT2D eigenvalue weighted by atomic mass is 9.97. The van der Waals surface area contributed by atoms with Crippen molar-refractivity contribution in [1.29, 1.82) is 0 Å². The van der Waals surface area contributed by atoms with Gasteiger partial charge in [-0.05, 0) is 38.1 Å². The SMILES string of the molecule is COc1cccc(-c2nsc(NC(=O)C3CCNCC3)n2)c1.Cl. The molecule has 0 unspecified atom stereocenters. The second kappa shape index (κ2) is 8.24. The van der Waals surface area contributed by atoms with Crippen LogP contribution in [0.1, 0.15) is 12.8 Å². The number of nitrogens with zero attached hydrogens (tertiary/aromatic N) is 2. The Bertz CT molecular complexity index is 658. The Morgan fingerprint density at radius 1 is 1.39 bits per heavy atom. The van der Waals surface area contributed by atoms with Crippen LogP contribution in [0.25, 0.3) is 11.4 Å². The molecule has 0 radical (unpaired) electrons. The first-order valence-corrected chi connectivity index (χ1v) is 8.03. The number of halogens is 1. The minimum absolute atomic E-state index is 0. The normalized spacial score (nSPS) is 14.8. The van der Waals surface area contributed by atoms with E-state index in [2.05, 4.69) is 20.0 Å². The van der Waals surface area contributed by atoms with Crippen LogP contribution in [-0.2, 0) is 4.79 Å². The number of hydrogen-bond donors (Lipinski definition) is 2. The molecule has 2 heterocycles. The highest BCUT2D eigenvalue weighted by Gasteiger charge is 2.22. The van der Waals surface area contributed by atoms with Crippen molar-refractivity contribution in [2.45, 2.75) is 12.8 Å². The van der Waals surface area contributed by atoms with Crippen molar-refractivity contribution in [2.75, 3.05) is 25.5 Å². The van der Waals surface area contributed by atoms with Gasteiger partial charge in [0, 0.05) is 23.0 Å². The van der Waals surface area contributed by atoms with Gasteiger partial charge >= 0.3 is 0 Å². The first-order chi connectivity index (χ1) is 10.8. The molecule has 1 fully saturated rings. The molecule has 0 bridgehead atoms. The number of hydrogen-bond acceptors (Lipinski definition) is 6. The summed E-state index contributed by atoms with van der Waals surface area (Å²) < 4.78 is 9.51. The second-order valence-electron chi connectivity index (χ2n) is 5.17. The summed E-state index contributed by atoms with van der Waals surface area (Å²) in [7, 11) is 1.62. The summed E-state index contributed by atoms with van der Waals surface area (Å²) in [6.07, 6.45) is 1.74. The maximum absolute atomic E-state index is 12.2. The zero-order valence-corrected chi connectivity index (χ0v) is 14.4. The molecule has 0 spiro atoms. The molecule has 124 valence electrons. The summed E-state index contributed by atoms with van der Waals surface area (Å²) in [6, 6.07) is 7.56. The molecule has 0 atom stereocenters. The Balaban J connectivity index is 0.00000192. The summed E-state index contributed by atoms with van der Waals surface area (Å²) in [5.41, 5.74) is 0.873. The molecule has 1 saturated heterocycles. The topological polar surface area (TPSA) is 76.1 Å². The lowest BCUT2D eigenvalue weighted by Gasteiger charge is -2.20. The average Bonchev–Trinajstić information content (AvgIpc) is 3.04. The van der Waals surface area contributed by atoms with E-state index < -0.39 is 0 Å². The van der Waals surface area contributed by atoms with Crippen LogP contribution in [0, 0.1) is 5.92 Å². The fraction of sp³-hybridized carbons (Fsp3) is 0.400. The number of anilines is 1. The van der Waals surface area contributed by atoms with E-state index in [0.717, 1.165) is 37.2 Å². The Labute approximate surface area is 145 Å². The summed E-state index contributed by atoms with van der Waals surface area (Å²) in [5, 5.41) is 6.67. The third-order valence-electron chi connectivity index (χ3n) is 3.69. The molecule has 2 N–H and O–H groups in total. The molecule has 6 nitrogen and oxygen atoms in total. The number of aromatic nitrogens is 2. The van der Waals surface area contributed by atoms with E-state index in [-0.39, 0.29) is 24.2 Å². The van der Waals surface area contributed by atoms with Gasteiger partial charge in [-0.15, -0.1) is 12.4 Å². The lowest BCUT2D eigenvalue weighted by Crippen LogP contribution is -2.34. The monoisotopic (exact) mass is 354 g/mol. The van der Waals surface area contributed by atoms with Gasteiger partial charge in [0.15, 0.2) is 5.82 Å². The van der Waals surface area contributed by atoms with Crippen molar-refractivity contribution in [3.63, 3.8) is 0 Å². The van der Waals surface area contributed by atoms with Crippen LogP contribution in [0.5, 0.6) is 5.75 Å². The number of amides is 1. The van der Waals surface area contributed by atoms with Crippen LogP contribution < -0.4 is 15.4 Å². The standard InChI is InChI=1S/C15H18N4O2S.ClH/c1-21-12-4-2-3-11(9-12)13-17-15(22-19-13)18-14(20)10-5-7-16-8-6-10;/h2-4,9-10,16H,5-8H2,1H3,(H,17,18,19,20);1H. The van der Waals surface area contributed by atoms with E-state index in [1.54, 1.807) is 7.11 Å². The number of benzene rings is 1. The first-order valence-electron chi connectivity index (χ1n) is 7.26. The molecule has 1 amide bonds. The second-order valence-corrected chi connectivity index (χ2v) is 5.92. The highest BCUT2D eigenvalue weighted by atomic mass is 35.5. The molecule has 1 aromatic carbocycles. The third kappa shape index (κ3) is 4.40. The predicted molar refractivity (Wildman–Crippen MR) is 93.4 cm³/mol. The highest BCUT2D eigenvalue weighted by molar-refractivity contribution is 7.10. The number of carbonyl (C=O) groups is 1. The van der Waals surface area contributed by atoms with Gasteiger partial charge in [0.05, 0.1) is 7.11 Å². The lowest BCUT2D eigenvalue weighted by molar-refractivity contribution is -0.120. The number of ether oxygens (including phenoxy) is 1. The highest BCUT2D eigenvalue weighted by Crippen LogP contribution is 2.25. The summed E-state index contributed by atoms with van der Waals surface area (Å²) >= 11 is 1.20. The maximum Gasteiger partial charge on any atom is 0.229 e. The van der Waals surface area contributed by atoms with Gasteiger partial charge in [0.1, 0.15) is 5.75 Å². The number of methoxy groups -OCH3 is 1. The Hall–Kier alpha value is -1.70. The van der Waals surface area contributed by atoms with Gasteiger partial charge in [-0.3, -0.25) is 4.79 Å². The van der Waals surface area contributed by atoms with Gasteiger partial charge in [-0.25, -0.2) is 0 Å². The molecule has 0 saturated carbocycles. The van der Waals surface area contributed by atoms with E-state index >= 15 is 0 Å². The Morgan fingerprint density at radius 3 is 2.91 bits per heavy atom. The Kier molecular flexibility index (Phi) is 6.32. The van der Waals surface area contributed by atoms with E-state index in [0.29, 0.717) is 11.0 Å². The van der Waals surface area contributed by atoms with E-state index in [1.165, 1.54) is 11.5 Å². The largest absolute Gasteiger partial charge is 0.497 e. The van der Waals surface area contributed by atoms with Gasteiger partial charge < -0.3 is 15.4 Å². The number of piperidine rings is 1. The third-order valence-corrected chi connectivity index (χ3v) is 4.32. The van der Waals surface area contributed by atoms with Crippen LogP contribution in [-0.4, -0.2) is 35.5 Å². The van der Waals surface area contributed by atoms with Gasteiger partial charge in [0.25, 0.3) is 0 Å². The van der Waals surface area contributed by atoms with Crippen molar-refractivity contribution in [3.8, 4) is 17.1 Å². The van der Waals surface area contributed by atoms with Crippen molar-refractivity contribution >= 4 is 35.0 Å². The Morgan fingerprint density at radius 2 is 2.17 bits per heavy atom. The zero-order valence-electron chi connectivity index (χ0n) is 12.7. The van der Waals surface area contributed by atoms with E-state index in [9.17, 15) is 4.79 Å². The first kappa shape index (κ1) is 17.7. The molecule has 23 heavy (non-hydrogen) atoms. The smallest absolute Gasteiger partial charge is 0.229 e. The maximum atomic E-state index is 12.2.